The molecule has 0 heterocycles. The molecule has 0 spiro atoms. The van der Waals surface area contributed by atoms with Crippen LogP contribution in [0.5, 0.6) is 0 Å². The predicted molar refractivity (Wildman–Crippen MR) is 69.3 cm³/mol. The second kappa shape index (κ2) is 6.79. The third-order valence-electron chi connectivity index (χ3n) is 2.57. The zero-order valence-corrected chi connectivity index (χ0v) is 10.7. The number of rotatable bonds is 6. The number of benzene rings is 1. The van der Waals surface area contributed by atoms with Crippen LogP contribution in [0.3, 0.4) is 0 Å². The number of hydrogen-bond donors (Lipinski definition) is 2. The van der Waals surface area contributed by atoms with Gasteiger partial charge in [0.05, 0.1) is 6.42 Å². The summed E-state index contributed by atoms with van der Waals surface area (Å²) in [6.07, 6.45) is 0.171. The van der Waals surface area contributed by atoms with Crippen LogP contribution in [0.4, 0.5) is 0 Å². The summed E-state index contributed by atoms with van der Waals surface area (Å²) >= 11 is 0. The van der Waals surface area contributed by atoms with Crippen LogP contribution >= 0.6 is 0 Å². The summed E-state index contributed by atoms with van der Waals surface area (Å²) in [7, 11) is 0. The first-order valence-corrected chi connectivity index (χ1v) is 6.05. The van der Waals surface area contributed by atoms with Crippen molar-refractivity contribution in [3.63, 3.8) is 0 Å². The molecular formula is C14H19NO3. The normalized spacial score (nSPS) is 12.2. The Kier molecular flexibility index (Phi) is 5.36. The van der Waals surface area contributed by atoms with Crippen LogP contribution in [-0.2, 0) is 9.59 Å². The van der Waals surface area contributed by atoms with Gasteiger partial charge in [-0.3, -0.25) is 9.59 Å². The summed E-state index contributed by atoms with van der Waals surface area (Å²) in [5.74, 6) is -1.27. The molecular weight excluding hydrogens is 230 g/mol. The summed E-state index contributed by atoms with van der Waals surface area (Å²) in [5, 5.41) is 11.7. The Hall–Kier alpha value is -1.84. The molecule has 1 aromatic rings. The number of amides is 1. The van der Waals surface area contributed by atoms with Gasteiger partial charge in [0.2, 0.25) is 5.91 Å². The van der Waals surface area contributed by atoms with Crippen LogP contribution in [0.1, 0.15) is 38.2 Å². The molecule has 0 bridgehead atoms. The summed E-state index contributed by atoms with van der Waals surface area (Å²) in [6.45, 7) is 3.76. The van der Waals surface area contributed by atoms with Gasteiger partial charge >= 0.3 is 5.97 Å². The van der Waals surface area contributed by atoms with Crippen molar-refractivity contribution in [1.29, 1.82) is 0 Å². The molecule has 0 aliphatic heterocycles. The SMILES string of the molecule is CC(C)NC(=O)CC(CC(=O)O)c1ccccc1. The largest absolute Gasteiger partial charge is 0.481 e. The molecule has 4 nitrogen and oxygen atoms in total. The minimum absolute atomic E-state index is 0.0322. The summed E-state index contributed by atoms with van der Waals surface area (Å²) in [5.41, 5.74) is 0.888. The highest BCUT2D eigenvalue weighted by molar-refractivity contribution is 5.78. The van der Waals surface area contributed by atoms with E-state index in [0.29, 0.717) is 0 Å². The Morgan fingerprint density at radius 2 is 1.78 bits per heavy atom. The molecule has 0 aliphatic rings. The van der Waals surface area contributed by atoms with Crippen molar-refractivity contribution in [2.24, 2.45) is 0 Å². The molecule has 98 valence electrons. The van der Waals surface area contributed by atoms with Crippen molar-refractivity contribution in [3.8, 4) is 0 Å². The molecule has 0 radical (unpaired) electrons. The van der Waals surface area contributed by atoms with E-state index in [1.807, 2.05) is 44.2 Å². The molecule has 4 heteroatoms. The molecule has 1 atom stereocenters. The number of carbonyl (C=O) groups excluding carboxylic acids is 1. The zero-order chi connectivity index (χ0) is 13.5. The highest BCUT2D eigenvalue weighted by atomic mass is 16.4. The van der Waals surface area contributed by atoms with Crippen LogP contribution in [0.25, 0.3) is 0 Å². The first kappa shape index (κ1) is 14.2. The van der Waals surface area contributed by atoms with Crippen molar-refractivity contribution < 1.29 is 14.7 Å². The molecule has 0 aromatic heterocycles. The zero-order valence-electron chi connectivity index (χ0n) is 10.7. The van der Waals surface area contributed by atoms with E-state index in [-0.39, 0.29) is 30.7 Å². The van der Waals surface area contributed by atoms with Gasteiger partial charge in [-0.05, 0) is 19.4 Å². The fraction of sp³-hybridized carbons (Fsp3) is 0.429. The number of carboxylic acids is 1. The van der Waals surface area contributed by atoms with Gasteiger partial charge in [0.15, 0.2) is 0 Å². The Bertz CT molecular complexity index is 401. The number of nitrogens with one attached hydrogen (secondary N) is 1. The molecule has 1 amide bonds. The van der Waals surface area contributed by atoms with Crippen LogP contribution in [0, 0.1) is 0 Å². The molecule has 0 saturated heterocycles. The maximum absolute atomic E-state index is 11.7. The van der Waals surface area contributed by atoms with Gasteiger partial charge in [-0.15, -0.1) is 0 Å². The fourth-order valence-corrected chi connectivity index (χ4v) is 1.85. The molecule has 0 fully saturated rings. The van der Waals surface area contributed by atoms with Crippen LogP contribution < -0.4 is 5.32 Å². The Labute approximate surface area is 107 Å². The monoisotopic (exact) mass is 249 g/mol. The minimum Gasteiger partial charge on any atom is -0.481 e. The smallest absolute Gasteiger partial charge is 0.303 e. The van der Waals surface area contributed by atoms with Crippen molar-refractivity contribution in [1.82, 2.24) is 5.32 Å². The molecule has 0 saturated carbocycles. The lowest BCUT2D eigenvalue weighted by atomic mass is 9.92. The third-order valence-corrected chi connectivity index (χ3v) is 2.57. The van der Waals surface area contributed by atoms with Gasteiger partial charge in [-0.1, -0.05) is 30.3 Å². The predicted octanol–water partition coefficient (Wildman–Crippen LogP) is 2.16. The molecule has 18 heavy (non-hydrogen) atoms. The Balaban J connectivity index is 2.73. The van der Waals surface area contributed by atoms with Gasteiger partial charge in [-0.25, -0.2) is 0 Å². The second-order valence-electron chi connectivity index (χ2n) is 4.63. The van der Waals surface area contributed by atoms with E-state index in [1.165, 1.54) is 0 Å². The number of hydrogen-bond acceptors (Lipinski definition) is 2. The van der Waals surface area contributed by atoms with Crippen molar-refractivity contribution in [2.75, 3.05) is 0 Å². The average Bonchev–Trinajstić information content (AvgIpc) is 2.27. The van der Waals surface area contributed by atoms with E-state index in [4.69, 9.17) is 5.11 Å². The molecule has 2 N–H and O–H groups in total. The van der Waals surface area contributed by atoms with E-state index in [9.17, 15) is 9.59 Å². The Morgan fingerprint density at radius 3 is 2.28 bits per heavy atom. The van der Waals surface area contributed by atoms with Crippen molar-refractivity contribution in [3.05, 3.63) is 35.9 Å². The number of carboxylic acid groups (broad SMARTS) is 1. The lowest BCUT2D eigenvalue weighted by Crippen LogP contribution is -2.31. The first-order chi connectivity index (χ1) is 8.49. The fourth-order valence-electron chi connectivity index (χ4n) is 1.85. The second-order valence-corrected chi connectivity index (χ2v) is 4.63. The lowest BCUT2D eigenvalue weighted by Gasteiger charge is -2.16. The van der Waals surface area contributed by atoms with E-state index in [2.05, 4.69) is 5.32 Å². The van der Waals surface area contributed by atoms with E-state index in [0.717, 1.165) is 5.56 Å². The highest BCUT2D eigenvalue weighted by Crippen LogP contribution is 2.23. The molecule has 1 rings (SSSR count). The number of carbonyl (C=O) groups is 2. The van der Waals surface area contributed by atoms with Crippen LogP contribution in [0.15, 0.2) is 30.3 Å². The standard InChI is InChI=1S/C14H19NO3/c1-10(2)15-13(16)8-12(9-14(17)18)11-6-4-3-5-7-11/h3-7,10,12H,8-9H2,1-2H3,(H,15,16)(H,17,18). The first-order valence-electron chi connectivity index (χ1n) is 6.05. The van der Waals surface area contributed by atoms with Gasteiger partial charge in [0, 0.05) is 18.4 Å². The lowest BCUT2D eigenvalue weighted by molar-refractivity contribution is -0.137. The maximum Gasteiger partial charge on any atom is 0.303 e. The van der Waals surface area contributed by atoms with Gasteiger partial charge in [0.1, 0.15) is 0 Å². The van der Waals surface area contributed by atoms with Crippen molar-refractivity contribution in [2.45, 2.75) is 38.6 Å². The summed E-state index contributed by atoms with van der Waals surface area (Å²) < 4.78 is 0. The Morgan fingerprint density at radius 1 is 1.17 bits per heavy atom. The molecule has 1 unspecified atom stereocenters. The van der Waals surface area contributed by atoms with Gasteiger partial charge < -0.3 is 10.4 Å². The van der Waals surface area contributed by atoms with Crippen molar-refractivity contribution >= 4 is 11.9 Å². The summed E-state index contributed by atoms with van der Waals surface area (Å²) in [6, 6.07) is 9.36. The highest BCUT2D eigenvalue weighted by Gasteiger charge is 2.19. The average molecular weight is 249 g/mol. The third kappa shape index (κ3) is 4.99. The van der Waals surface area contributed by atoms with E-state index < -0.39 is 5.97 Å². The van der Waals surface area contributed by atoms with Gasteiger partial charge in [-0.2, -0.15) is 0 Å². The quantitative estimate of drug-likeness (QED) is 0.812. The molecule has 0 aliphatic carbocycles. The van der Waals surface area contributed by atoms with E-state index >= 15 is 0 Å². The van der Waals surface area contributed by atoms with E-state index in [1.54, 1.807) is 0 Å². The summed E-state index contributed by atoms with van der Waals surface area (Å²) in [4.78, 5) is 22.6. The van der Waals surface area contributed by atoms with Crippen LogP contribution in [-0.4, -0.2) is 23.0 Å². The number of aliphatic carboxylic acids is 1. The topological polar surface area (TPSA) is 66.4 Å². The van der Waals surface area contributed by atoms with Gasteiger partial charge in [0.25, 0.3) is 0 Å². The maximum atomic E-state index is 11.7. The van der Waals surface area contributed by atoms with Crippen LogP contribution in [0.2, 0.25) is 0 Å². The minimum atomic E-state index is -0.888. The molecule has 1 aromatic carbocycles.